The lowest BCUT2D eigenvalue weighted by Gasteiger charge is -2.32. The van der Waals surface area contributed by atoms with Crippen molar-refractivity contribution in [3.63, 3.8) is 0 Å². The van der Waals surface area contributed by atoms with E-state index in [0.717, 1.165) is 16.4 Å². The van der Waals surface area contributed by atoms with Gasteiger partial charge in [0.1, 0.15) is 6.04 Å². The van der Waals surface area contributed by atoms with Gasteiger partial charge >= 0.3 is 5.97 Å². The van der Waals surface area contributed by atoms with Gasteiger partial charge in [0.25, 0.3) is 0 Å². The molecule has 21 heavy (non-hydrogen) atoms. The third kappa shape index (κ3) is 2.69. The van der Waals surface area contributed by atoms with Gasteiger partial charge in [-0.3, -0.25) is 4.79 Å². The number of carbonyl (C=O) groups excluding carboxylic acids is 1. The second-order valence-electron chi connectivity index (χ2n) is 4.64. The van der Waals surface area contributed by atoms with Gasteiger partial charge in [-0.2, -0.15) is 4.31 Å². The van der Waals surface area contributed by atoms with Gasteiger partial charge in [-0.1, -0.05) is 0 Å². The van der Waals surface area contributed by atoms with Crippen LogP contribution in [0.25, 0.3) is 0 Å². The number of nitrogens with two attached hydrogens (primary N) is 1. The summed E-state index contributed by atoms with van der Waals surface area (Å²) >= 11 is 0. The van der Waals surface area contributed by atoms with Crippen LogP contribution < -0.4 is 11.1 Å². The summed E-state index contributed by atoms with van der Waals surface area (Å²) in [4.78, 5) is 22.5. The summed E-state index contributed by atoms with van der Waals surface area (Å²) in [6.45, 7) is 1.71. The third-order valence-electron chi connectivity index (χ3n) is 3.26. The first-order valence-electron chi connectivity index (χ1n) is 6.17. The van der Waals surface area contributed by atoms with Crippen LogP contribution in [-0.2, 0) is 14.8 Å². The monoisotopic (exact) mass is 313 g/mol. The molecule has 1 aliphatic rings. The van der Waals surface area contributed by atoms with Crippen molar-refractivity contribution in [3.05, 3.63) is 23.8 Å². The summed E-state index contributed by atoms with van der Waals surface area (Å²) in [7, 11) is -4.10. The molecule has 1 heterocycles. The highest BCUT2D eigenvalue weighted by atomic mass is 32.2. The van der Waals surface area contributed by atoms with Crippen molar-refractivity contribution in [2.75, 3.05) is 18.8 Å². The van der Waals surface area contributed by atoms with E-state index in [1.807, 2.05) is 0 Å². The fraction of sp³-hybridized carbons (Fsp3) is 0.333. The summed E-state index contributed by atoms with van der Waals surface area (Å²) < 4.78 is 26.2. The number of carbonyl (C=O) groups is 2. The van der Waals surface area contributed by atoms with Gasteiger partial charge < -0.3 is 16.2 Å². The zero-order valence-electron chi connectivity index (χ0n) is 11.2. The van der Waals surface area contributed by atoms with E-state index in [-0.39, 0.29) is 23.7 Å². The van der Waals surface area contributed by atoms with Gasteiger partial charge in [0.15, 0.2) is 0 Å². The van der Waals surface area contributed by atoms with Crippen LogP contribution in [0.5, 0.6) is 0 Å². The maximum Gasteiger partial charge on any atom is 0.337 e. The molecule has 1 aromatic rings. The van der Waals surface area contributed by atoms with E-state index in [1.165, 1.54) is 13.0 Å². The molecule has 0 bridgehead atoms. The van der Waals surface area contributed by atoms with E-state index in [2.05, 4.69) is 5.32 Å². The third-order valence-corrected chi connectivity index (χ3v) is 5.29. The number of amides is 1. The standard InChI is InChI=1S/C12H15N3O5S/c1-7-11(16)14-4-5-15(7)21(19,20)10-3-2-8(13)6-9(10)12(17)18/h2-3,6-7H,4-5,13H2,1H3,(H,14,16)(H,17,18). The van der Waals surface area contributed by atoms with Gasteiger partial charge in [0.05, 0.1) is 10.5 Å². The van der Waals surface area contributed by atoms with Gasteiger partial charge in [0, 0.05) is 18.8 Å². The molecule has 4 N–H and O–H groups in total. The van der Waals surface area contributed by atoms with Crippen LogP contribution in [0.1, 0.15) is 17.3 Å². The van der Waals surface area contributed by atoms with Crippen LogP contribution in [0.2, 0.25) is 0 Å². The number of nitrogens with zero attached hydrogens (tertiary/aromatic N) is 1. The van der Waals surface area contributed by atoms with Gasteiger partial charge in [0.2, 0.25) is 15.9 Å². The first kappa shape index (κ1) is 15.3. The first-order valence-corrected chi connectivity index (χ1v) is 7.61. The summed E-state index contributed by atoms with van der Waals surface area (Å²) in [5.41, 5.74) is 5.24. The molecule has 9 heteroatoms. The number of nitrogens with one attached hydrogen (secondary N) is 1. The fourth-order valence-electron chi connectivity index (χ4n) is 2.16. The molecule has 0 radical (unpaired) electrons. The van der Waals surface area contributed by atoms with Crippen LogP contribution in [-0.4, -0.2) is 48.8 Å². The Morgan fingerprint density at radius 2 is 2.14 bits per heavy atom. The SMILES string of the molecule is CC1C(=O)NCCN1S(=O)(=O)c1ccc(N)cc1C(=O)O. The fourth-order valence-corrected chi connectivity index (χ4v) is 3.92. The Morgan fingerprint density at radius 1 is 1.48 bits per heavy atom. The molecule has 0 aliphatic carbocycles. The minimum absolute atomic E-state index is 0.0820. The van der Waals surface area contributed by atoms with Crippen molar-refractivity contribution in [1.29, 1.82) is 0 Å². The number of hydrogen-bond acceptors (Lipinski definition) is 5. The molecular weight excluding hydrogens is 298 g/mol. The lowest BCUT2D eigenvalue weighted by Crippen LogP contribution is -2.55. The van der Waals surface area contributed by atoms with Crippen molar-refractivity contribution in [3.8, 4) is 0 Å². The molecule has 0 saturated carbocycles. The summed E-state index contributed by atoms with van der Waals surface area (Å²) in [5, 5.41) is 11.7. The Morgan fingerprint density at radius 3 is 2.76 bits per heavy atom. The minimum Gasteiger partial charge on any atom is -0.478 e. The van der Waals surface area contributed by atoms with Crippen molar-refractivity contribution in [2.24, 2.45) is 0 Å². The molecule has 1 fully saturated rings. The zero-order chi connectivity index (χ0) is 15.8. The Bertz CT molecular complexity index is 701. The van der Waals surface area contributed by atoms with E-state index in [1.54, 1.807) is 0 Å². The van der Waals surface area contributed by atoms with E-state index in [0.29, 0.717) is 0 Å². The average Bonchev–Trinajstić information content (AvgIpc) is 2.41. The molecule has 2 rings (SSSR count). The highest BCUT2D eigenvalue weighted by molar-refractivity contribution is 7.89. The van der Waals surface area contributed by atoms with Gasteiger partial charge in [-0.25, -0.2) is 13.2 Å². The predicted octanol–water partition coefficient (Wildman–Crippen LogP) is -0.524. The van der Waals surface area contributed by atoms with Crippen molar-refractivity contribution in [1.82, 2.24) is 9.62 Å². The van der Waals surface area contributed by atoms with Crippen molar-refractivity contribution < 1.29 is 23.1 Å². The van der Waals surface area contributed by atoms with Gasteiger partial charge in [-0.15, -0.1) is 0 Å². The van der Waals surface area contributed by atoms with Crippen molar-refractivity contribution >= 4 is 27.6 Å². The van der Waals surface area contributed by atoms with Crippen LogP contribution in [0.15, 0.2) is 23.1 Å². The second kappa shape index (κ2) is 5.34. The molecule has 114 valence electrons. The quantitative estimate of drug-likeness (QED) is 0.644. The van der Waals surface area contributed by atoms with Crippen LogP contribution in [0, 0.1) is 0 Å². The second-order valence-corrected chi connectivity index (χ2v) is 6.50. The number of hydrogen-bond donors (Lipinski definition) is 3. The predicted molar refractivity (Wildman–Crippen MR) is 74.2 cm³/mol. The van der Waals surface area contributed by atoms with Crippen LogP contribution >= 0.6 is 0 Å². The summed E-state index contributed by atoms with van der Waals surface area (Å²) in [6, 6.07) is 2.65. The number of nitrogen functional groups attached to an aromatic ring is 1. The molecule has 1 aliphatic heterocycles. The van der Waals surface area contributed by atoms with E-state index >= 15 is 0 Å². The molecule has 1 unspecified atom stereocenters. The Labute approximate surface area is 121 Å². The smallest absolute Gasteiger partial charge is 0.337 e. The maximum atomic E-state index is 12.6. The molecular formula is C12H15N3O5S. The van der Waals surface area contributed by atoms with Crippen LogP contribution in [0.4, 0.5) is 5.69 Å². The minimum atomic E-state index is -4.10. The highest BCUT2D eigenvalue weighted by Crippen LogP contribution is 2.25. The summed E-state index contributed by atoms with van der Waals surface area (Å²) in [6.07, 6.45) is 0. The molecule has 1 amide bonds. The van der Waals surface area contributed by atoms with E-state index in [9.17, 15) is 18.0 Å². The molecule has 0 aromatic heterocycles. The van der Waals surface area contributed by atoms with Crippen LogP contribution in [0.3, 0.4) is 0 Å². The number of carboxylic acid groups (broad SMARTS) is 1. The number of piperazine rings is 1. The number of carboxylic acids is 1. The summed E-state index contributed by atoms with van der Waals surface area (Å²) in [5.74, 6) is -1.81. The molecule has 0 spiro atoms. The Hall–Kier alpha value is -2.13. The zero-order valence-corrected chi connectivity index (χ0v) is 12.1. The van der Waals surface area contributed by atoms with E-state index < -0.39 is 33.5 Å². The lowest BCUT2D eigenvalue weighted by atomic mass is 10.2. The van der Waals surface area contributed by atoms with E-state index in [4.69, 9.17) is 10.8 Å². The molecule has 1 saturated heterocycles. The number of benzene rings is 1. The normalized spacial score (nSPS) is 20.0. The number of sulfonamides is 1. The first-order chi connectivity index (χ1) is 9.75. The largest absolute Gasteiger partial charge is 0.478 e. The Balaban J connectivity index is 2.54. The Kier molecular flexibility index (Phi) is 3.88. The highest BCUT2D eigenvalue weighted by Gasteiger charge is 2.37. The topological polar surface area (TPSA) is 130 Å². The van der Waals surface area contributed by atoms with Gasteiger partial charge in [-0.05, 0) is 25.1 Å². The molecule has 1 atom stereocenters. The number of rotatable bonds is 3. The lowest BCUT2D eigenvalue weighted by molar-refractivity contribution is -0.126. The number of aromatic carboxylic acids is 1. The maximum absolute atomic E-state index is 12.6. The molecule has 1 aromatic carbocycles. The average molecular weight is 313 g/mol. The molecule has 8 nitrogen and oxygen atoms in total. The number of anilines is 1. The van der Waals surface area contributed by atoms with Crippen molar-refractivity contribution in [2.45, 2.75) is 17.9 Å².